The van der Waals surface area contributed by atoms with Crippen molar-refractivity contribution in [3.05, 3.63) is 35.9 Å². The molecule has 1 amide bonds. The van der Waals surface area contributed by atoms with Crippen LogP contribution in [0.2, 0.25) is 0 Å². The predicted molar refractivity (Wildman–Crippen MR) is 78.0 cm³/mol. The molecule has 1 unspecified atom stereocenters. The SMILES string of the molecule is O=C(NCC(O)(c1ccccc1)C1CC1)C1CCCC1. The quantitative estimate of drug-likeness (QED) is 0.866. The zero-order valence-electron chi connectivity index (χ0n) is 11.8. The van der Waals surface area contributed by atoms with Crippen molar-refractivity contribution in [1.82, 2.24) is 5.32 Å². The lowest BCUT2D eigenvalue weighted by atomic mass is 9.88. The van der Waals surface area contributed by atoms with Gasteiger partial charge in [0.1, 0.15) is 5.60 Å². The maximum atomic E-state index is 12.1. The molecule has 1 aromatic carbocycles. The van der Waals surface area contributed by atoms with E-state index in [9.17, 15) is 9.90 Å². The van der Waals surface area contributed by atoms with Gasteiger partial charge in [0.2, 0.25) is 5.91 Å². The van der Waals surface area contributed by atoms with Crippen molar-refractivity contribution in [2.24, 2.45) is 11.8 Å². The second kappa shape index (κ2) is 5.57. The van der Waals surface area contributed by atoms with Gasteiger partial charge in [-0.05, 0) is 37.2 Å². The lowest BCUT2D eigenvalue weighted by Gasteiger charge is -2.29. The van der Waals surface area contributed by atoms with Crippen molar-refractivity contribution in [3.8, 4) is 0 Å². The van der Waals surface area contributed by atoms with E-state index < -0.39 is 5.60 Å². The predicted octanol–water partition coefficient (Wildman–Crippen LogP) is 2.59. The Bertz CT molecular complexity index is 463. The van der Waals surface area contributed by atoms with E-state index in [1.807, 2.05) is 30.3 Å². The van der Waals surface area contributed by atoms with Crippen molar-refractivity contribution < 1.29 is 9.90 Å². The minimum absolute atomic E-state index is 0.123. The van der Waals surface area contributed by atoms with Gasteiger partial charge in [-0.15, -0.1) is 0 Å². The van der Waals surface area contributed by atoms with Crippen molar-refractivity contribution in [3.63, 3.8) is 0 Å². The Morgan fingerprint density at radius 1 is 1.15 bits per heavy atom. The molecule has 0 heterocycles. The number of amides is 1. The zero-order valence-corrected chi connectivity index (χ0v) is 11.8. The molecule has 0 spiro atoms. The third-order valence-electron chi connectivity index (χ3n) is 4.78. The zero-order chi connectivity index (χ0) is 14.0. The van der Waals surface area contributed by atoms with Gasteiger partial charge < -0.3 is 10.4 Å². The smallest absolute Gasteiger partial charge is 0.223 e. The average molecular weight is 273 g/mol. The number of carbonyl (C=O) groups is 1. The van der Waals surface area contributed by atoms with Gasteiger partial charge in [0, 0.05) is 5.92 Å². The average Bonchev–Trinajstić information content (AvgIpc) is 3.21. The van der Waals surface area contributed by atoms with Crippen molar-refractivity contribution in [1.29, 1.82) is 0 Å². The third kappa shape index (κ3) is 2.73. The summed E-state index contributed by atoms with van der Waals surface area (Å²) in [5.41, 5.74) is 0.0319. The van der Waals surface area contributed by atoms with Crippen LogP contribution in [0.15, 0.2) is 30.3 Å². The van der Waals surface area contributed by atoms with Gasteiger partial charge in [0.25, 0.3) is 0 Å². The number of aliphatic hydroxyl groups is 1. The van der Waals surface area contributed by atoms with E-state index in [0.717, 1.165) is 44.1 Å². The summed E-state index contributed by atoms with van der Waals surface area (Å²) in [6.45, 7) is 0.344. The molecule has 0 radical (unpaired) electrons. The number of rotatable bonds is 5. The summed E-state index contributed by atoms with van der Waals surface area (Å²) in [4.78, 5) is 12.1. The Morgan fingerprint density at radius 3 is 2.40 bits per heavy atom. The Labute approximate surface area is 120 Å². The maximum absolute atomic E-state index is 12.1. The second-order valence-electron chi connectivity index (χ2n) is 6.26. The Balaban J connectivity index is 1.67. The van der Waals surface area contributed by atoms with Crippen LogP contribution < -0.4 is 5.32 Å². The van der Waals surface area contributed by atoms with Crippen molar-refractivity contribution in [2.75, 3.05) is 6.54 Å². The Kier molecular flexibility index (Phi) is 3.79. The van der Waals surface area contributed by atoms with Gasteiger partial charge in [-0.25, -0.2) is 0 Å². The highest BCUT2D eigenvalue weighted by molar-refractivity contribution is 5.79. The monoisotopic (exact) mass is 273 g/mol. The Morgan fingerprint density at radius 2 is 1.80 bits per heavy atom. The summed E-state index contributed by atoms with van der Waals surface area (Å²) >= 11 is 0. The molecule has 108 valence electrons. The molecule has 20 heavy (non-hydrogen) atoms. The highest BCUT2D eigenvalue weighted by Gasteiger charge is 2.45. The molecule has 1 atom stereocenters. The molecule has 2 fully saturated rings. The molecule has 0 aliphatic heterocycles. The van der Waals surface area contributed by atoms with E-state index in [-0.39, 0.29) is 17.7 Å². The van der Waals surface area contributed by atoms with Crippen LogP contribution in [0.5, 0.6) is 0 Å². The van der Waals surface area contributed by atoms with Crippen LogP contribution in [0.3, 0.4) is 0 Å². The Hall–Kier alpha value is -1.35. The van der Waals surface area contributed by atoms with E-state index in [1.54, 1.807) is 0 Å². The van der Waals surface area contributed by atoms with Crippen molar-refractivity contribution >= 4 is 5.91 Å². The largest absolute Gasteiger partial charge is 0.383 e. The molecule has 1 aromatic rings. The molecule has 2 saturated carbocycles. The van der Waals surface area contributed by atoms with Gasteiger partial charge in [0.05, 0.1) is 6.54 Å². The van der Waals surface area contributed by atoms with E-state index in [4.69, 9.17) is 0 Å². The minimum Gasteiger partial charge on any atom is -0.383 e. The molecule has 3 nitrogen and oxygen atoms in total. The summed E-state index contributed by atoms with van der Waals surface area (Å²) in [5.74, 6) is 0.570. The van der Waals surface area contributed by atoms with Crippen LogP contribution in [-0.2, 0) is 10.4 Å². The summed E-state index contributed by atoms with van der Waals surface area (Å²) in [6, 6.07) is 9.76. The number of benzene rings is 1. The molecule has 3 rings (SSSR count). The van der Waals surface area contributed by atoms with E-state index in [2.05, 4.69) is 5.32 Å². The number of carbonyl (C=O) groups excluding carboxylic acids is 1. The summed E-state index contributed by atoms with van der Waals surface area (Å²) < 4.78 is 0. The fraction of sp³-hybridized carbons (Fsp3) is 0.588. The molecular weight excluding hydrogens is 250 g/mol. The molecule has 0 saturated heterocycles. The normalized spacial score (nSPS) is 22.4. The highest BCUT2D eigenvalue weighted by Crippen LogP contribution is 2.45. The second-order valence-corrected chi connectivity index (χ2v) is 6.26. The van der Waals surface area contributed by atoms with E-state index in [1.165, 1.54) is 0 Å². The van der Waals surface area contributed by atoms with Crippen LogP contribution in [0.25, 0.3) is 0 Å². The first-order valence-corrected chi connectivity index (χ1v) is 7.76. The fourth-order valence-corrected chi connectivity index (χ4v) is 3.32. The first kappa shape index (κ1) is 13.6. The topological polar surface area (TPSA) is 49.3 Å². The first-order chi connectivity index (χ1) is 9.70. The lowest BCUT2D eigenvalue weighted by molar-refractivity contribution is -0.126. The van der Waals surface area contributed by atoms with Crippen LogP contribution in [0.1, 0.15) is 44.1 Å². The summed E-state index contributed by atoms with van der Waals surface area (Å²) in [7, 11) is 0. The molecular formula is C17H23NO2. The molecule has 3 heteroatoms. The van der Waals surface area contributed by atoms with Gasteiger partial charge >= 0.3 is 0 Å². The molecule has 2 aliphatic rings. The van der Waals surface area contributed by atoms with Crippen molar-refractivity contribution in [2.45, 2.75) is 44.1 Å². The first-order valence-electron chi connectivity index (χ1n) is 7.76. The van der Waals surface area contributed by atoms with E-state index in [0.29, 0.717) is 6.54 Å². The number of hydrogen-bond donors (Lipinski definition) is 2. The van der Waals surface area contributed by atoms with Gasteiger partial charge in [-0.2, -0.15) is 0 Å². The summed E-state index contributed by atoms with van der Waals surface area (Å²) in [6.07, 6.45) is 6.40. The fourth-order valence-electron chi connectivity index (χ4n) is 3.32. The standard InChI is InChI=1S/C17H23NO2/c19-16(13-6-4-5-7-13)18-12-17(20,15-10-11-15)14-8-2-1-3-9-14/h1-3,8-9,13,15,20H,4-7,10-12H2,(H,18,19). The maximum Gasteiger partial charge on any atom is 0.223 e. The molecule has 0 aromatic heterocycles. The third-order valence-corrected chi connectivity index (χ3v) is 4.78. The molecule has 2 N–H and O–H groups in total. The highest BCUT2D eigenvalue weighted by atomic mass is 16.3. The van der Waals surface area contributed by atoms with Gasteiger partial charge in [-0.3, -0.25) is 4.79 Å². The van der Waals surface area contributed by atoms with Crippen LogP contribution in [0, 0.1) is 11.8 Å². The summed E-state index contributed by atoms with van der Waals surface area (Å²) in [5, 5.41) is 14.0. The number of hydrogen-bond acceptors (Lipinski definition) is 2. The van der Waals surface area contributed by atoms with Gasteiger partial charge in [0.15, 0.2) is 0 Å². The molecule has 2 aliphatic carbocycles. The number of nitrogens with one attached hydrogen (secondary N) is 1. The van der Waals surface area contributed by atoms with Crippen LogP contribution in [0.4, 0.5) is 0 Å². The van der Waals surface area contributed by atoms with Gasteiger partial charge in [-0.1, -0.05) is 43.2 Å². The molecule has 0 bridgehead atoms. The van der Waals surface area contributed by atoms with E-state index >= 15 is 0 Å². The van der Waals surface area contributed by atoms with Crippen LogP contribution >= 0.6 is 0 Å². The lowest BCUT2D eigenvalue weighted by Crippen LogP contribution is -2.44. The van der Waals surface area contributed by atoms with Crippen LogP contribution in [-0.4, -0.2) is 17.6 Å². The minimum atomic E-state index is -0.893.